The number of ether oxygens (including phenoxy) is 2. The van der Waals surface area contributed by atoms with Gasteiger partial charge in [-0.05, 0) is 25.1 Å². The smallest absolute Gasteiger partial charge is 0.228 e. The van der Waals surface area contributed by atoms with E-state index in [2.05, 4.69) is 26.6 Å². The van der Waals surface area contributed by atoms with Gasteiger partial charge in [0.25, 0.3) is 0 Å². The largest absolute Gasteiger partial charge is 0.493 e. The topological polar surface area (TPSA) is 52.4 Å². The van der Waals surface area contributed by atoms with Gasteiger partial charge in [0.05, 0.1) is 19.8 Å². The monoisotopic (exact) mass is 368 g/mol. The molecule has 0 N–H and O–H groups in total. The van der Waals surface area contributed by atoms with Crippen LogP contribution in [0.3, 0.4) is 0 Å². The molecule has 1 fully saturated rings. The summed E-state index contributed by atoms with van der Waals surface area (Å²) in [5.74, 6) is 2.52. The molecule has 8 heteroatoms. The Morgan fingerprint density at radius 3 is 2.88 bits per heavy atom. The highest BCUT2D eigenvalue weighted by molar-refractivity contribution is 7.99. The molecule has 0 amide bonds. The maximum atomic E-state index is 5.95. The van der Waals surface area contributed by atoms with Gasteiger partial charge in [0, 0.05) is 30.4 Å². The fourth-order valence-electron chi connectivity index (χ4n) is 2.51. The maximum absolute atomic E-state index is 5.95. The molecule has 1 saturated heterocycles. The molecule has 0 unspecified atom stereocenters. The van der Waals surface area contributed by atoms with E-state index < -0.39 is 0 Å². The second-order valence-corrected chi connectivity index (χ2v) is 6.78. The first-order chi connectivity index (χ1) is 11.8. The summed E-state index contributed by atoms with van der Waals surface area (Å²) >= 11 is 7.60. The lowest BCUT2D eigenvalue weighted by atomic mass is 10.3. The van der Waals surface area contributed by atoms with Crippen LogP contribution < -0.4 is 9.64 Å². The first-order valence-corrected chi connectivity index (χ1v) is 9.41. The highest BCUT2D eigenvalue weighted by Gasteiger charge is 2.19. The quantitative estimate of drug-likeness (QED) is 0.553. The minimum Gasteiger partial charge on any atom is -0.493 e. The number of anilines is 1. The molecule has 1 aliphatic heterocycles. The molecule has 1 aromatic heterocycles. The predicted octanol–water partition coefficient (Wildman–Crippen LogP) is 2.96. The Kier molecular flexibility index (Phi) is 6.23. The Morgan fingerprint density at radius 2 is 2.12 bits per heavy atom. The molecule has 2 heterocycles. The van der Waals surface area contributed by atoms with Crippen molar-refractivity contribution in [2.75, 3.05) is 43.6 Å². The molecular formula is C16H21ClN4O2S. The van der Waals surface area contributed by atoms with Gasteiger partial charge >= 0.3 is 0 Å². The molecule has 0 spiro atoms. The summed E-state index contributed by atoms with van der Waals surface area (Å²) in [7, 11) is 0. The van der Waals surface area contributed by atoms with Crippen molar-refractivity contribution in [2.45, 2.75) is 18.6 Å². The van der Waals surface area contributed by atoms with Crippen LogP contribution in [0.2, 0.25) is 5.02 Å². The van der Waals surface area contributed by atoms with E-state index in [-0.39, 0.29) is 0 Å². The number of halogens is 1. The zero-order valence-electron chi connectivity index (χ0n) is 13.7. The Hall–Kier alpha value is -1.44. The van der Waals surface area contributed by atoms with Gasteiger partial charge in [0.15, 0.2) is 5.16 Å². The molecule has 24 heavy (non-hydrogen) atoms. The third kappa shape index (κ3) is 4.34. The molecule has 0 radical (unpaired) electrons. The van der Waals surface area contributed by atoms with Crippen molar-refractivity contribution in [3.05, 3.63) is 29.3 Å². The lowest BCUT2D eigenvalue weighted by Crippen LogP contribution is -2.38. The molecule has 3 rings (SSSR count). The summed E-state index contributed by atoms with van der Waals surface area (Å²) in [4.78, 5) is 2.23. The summed E-state index contributed by atoms with van der Waals surface area (Å²) in [5, 5.41) is 10.3. The molecule has 0 aliphatic carbocycles. The maximum Gasteiger partial charge on any atom is 0.228 e. The van der Waals surface area contributed by atoms with Gasteiger partial charge in [-0.1, -0.05) is 29.4 Å². The third-order valence-electron chi connectivity index (χ3n) is 3.69. The number of hydrogen-bond acceptors (Lipinski definition) is 6. The van der Waals surface area contributed by atoms with Crippen LogP contribution in [0.4, 0.5) is 5.95 Å². The molecule has 130 valence electrons. The zero-order chi connectivity index (χ0) is 16.8. The number of aromatic nitrogens is 3. The highest BCUT2D eigenvalue weighted by Crippen LogP contribution is 2.23. The van der Waals surface area contributed by atoms with Crippen LogP contribution in [-0.4, -0.2) is 53.4 Å². The van der Waals surface area contributed by atoms with E-state index in [9.17, 15) is 0 Å². The van der Waals surface area contributed by atoms with E-state index in [1.165, 1.54) is 0 Å². The van der Waals surface area contributed by atoms with Gasteiger partial charge in [-0.15, -0.1) is 10.2 Å². The van der Waals surface area contributed by atoms with Gasteiger partial charge in [-0.25, -0.2) is 0 Å². The minimum absolute atomic E-state index is 0.592. The molecule has 0 atom stereocenters. The van der Waals surface area contributed by atoms with Gasteiger partial charge in [0.1, 0.15) is 5.75 Å². The molecule has 6 nitrogen and oxygen atoms in total. The average molecular weight is 369 g/mol. The van der Waals surface area contributed by atoms with Crippen LogP contribution in [0.5, 0.6) is 5.75 Å². The van der Waals surface area contributed by atoms with Crippen molar-refractivity contribution in [2.24, 2.45) is 0 Å². The number of thioether (sulfide) groups is 1. The van der Waals surface area contributed by atoms with E-state index in [4.69, 9.17) is 21.1 Å². The zero-order valence-corrected chi connectivity index (χ0v) is 15.2. The number of rotatable bonds is 7. The molecule has 2 aromatic rings. The summed E-state index contributed by atoms with van der Waals surface area (Å²) in [6, 6.07) is 7.44. The summed E-state index contributed by atoms with van der Waals surface area (Å²) < 4.78 is 13.3. The van der Waals surface area contributed by atoms with Crippen molar-refractivity contribution < 1.29 is 9.47 Å². The van der Waals surface area contributed by atoms with Crippen LogP contribution >= 0.6 is 23.4 Å². The Morgan fingerprint density at radius 1 is 1.29 bits per heavy atom. The fraction of sp³-hybridized carbons (Fsp3) is 0.500. The average Bonchev–Trinajstić information content (AvgIpc) is 3.02. The van der Waals surface area contributed by atoms with Crippen LogP contribution in [0.1, 0.15) is 6.92 Å². The summed E-state index contributed by atoms with van der Waals surface area (Å²) in [5.41, 5.74) is 0. The Labute approximate surface area is 151 Å². The molecule has 0 saturated carbocycles. The van der Waals surface area contributed by atoms with E-state index in [1.807, 2.05) is 24.3 Å². The number of morpholine rings is 1. The molecule has 1 aromatic carbocycles. The predicted molar refractivity (Wildman–Crippen MR) is 96.4 cm³/mol. The van der Waals surface area contributed by atoms with Crippen LogP contribution in [-0.2, 0) is 11.3 Å². The van der Waals surface area contributed by atoms with E-state index in [0.29, 0.717) is 11.6 Å². The first-order valence-electron chi connectivity index (χ1n) is 8.05. The summed E-state index contributed by atoms with van der Waals surface area (Å²) in [6.07, 6.45) is 0. The summed E-state index contributed by atoms with van der Waals surface area (Å²) in [6.45, 7) is 6.76. The fourth-order valence-corrected chi connectivity index (χ4v) is 3.51. The van der Waals surface area contributed by atoms with Crippen LogP contribution in [0, 0.1) is 0 Å². The lowest BCUT2D eigenvalue weighted by molar-refractivity contribution is 0.121. The highest BCUT2D eigenvalue weighted by atomic mass is 35.5. The number of nitrogens with zero attached hydrogens (tertiary/aromatic N) is 4. The van der Waals surface area contributed by atoms with Crippen LogP contribution in [0.15, 0.2) is 29.4 Å². The second-order valence-electron chi connectivity index (χ2n) is 5.28. The number of benzene rings is 1. The SMILES string of the molecule is CCn1c(SCCOc2cccc(Cl)c2)nnc1N1CCOCC1. The van der Waals surface area contributed by atoms with Crippen LogP contribution in [0.25, 0.3) is 0 Å². The van der Waals surface area contributed by atoms with Crippen molar-refractivity contribution in [3.63, 3.8) is 0 Å². The lowest BCUT2D eigenvalue weighted by Gasteiger charge is -2.27. The third-order valence-corrected chi connectivity index (χ3v) is 4.85. The van der Waals surface area contributed by atoms with Crippen molar-refractivity contribution in [1.82, 2.24) is 14.8 Å². The van der Waals surface area contributed by atoms with Crippen molar-refractivity contribution >= 4 is 29.3 Å². The normalized spacial score (nSPS) is 14.8. The standard InChI is InChI=1S/C16H21ClN4O2S/c1-2-21-15(20-6-8-22-9-7-20)18-19-16(21)24-11-10-23-14-5-3-4-13(17)12-14/h3-5,12H,2,6-11H2,1H3. The minimum atomic E-state index is 0.592. The van der Waals surface area contributed by atoms with E-state index >= 15 is 0 Å². The van der Waals surface area contributed by atoms with Gasteiger partial charge in [-0.3, -0.25) is 4.57 Å². The Bertz CT molecular complexity index is 661. The van der Waals surface area contributed by atoms with Crippen molar-refractivity contribution in [3.8, 4) is 5.75 Å². The first kappa shape index (κ1) is 17.4. The second kappa shape index (κ2) is 8.60. The van der Waals surface area contributed by atoms with Gasteiger partial charge in [0.2, 0.25) is 5.95 Å². The molecular weight excluding hydrogens is 348 g/mol. The Balaban J connectivity index is 1.54. The van der Waals surface area contributed by atoms with E-state index in [0.717, 1.165) is 55.5 Å². The van der Waals surface area contributed by atoms with Gasteiger partial charge in [-0.2, -0.15) is 0 Å². The van der Waals surface area contributed by atoms with E-state index in [1.54, 1.807) is 11.8 Å². The van der Waals surface area contributed by atoms with Crippen molar-refractivity contribution in [1.29, 1.82) is 0 Å². The molecule has 1 aliphatic rings. The van der Waals surface area contributed by atoms with Gasteiger partial charge < -0.3 is 14.4 Å². The number of hydrogen-bond donors (Lipinski definition) is 0. The molecule has 0 bridgehead atoms.